The number of pyridine rings is 2. The van der Waals surface area contributed by atoms with Crippen LogP contribution in [0.15, 0.2) is 53.6 Å². The number of methoxy groups -OCH3 is 1. The summed E-state index contributed by atoms with van der Waals surface area (Å²) in [6.45, 7) is 4.69. The molecule has 5 heteroatoms. The highest BCUT2D eigenvalue weighted by Gasteiger charge is 2.18. The van der Waals surface area contributed by atoms with E-state index in [2.05, 4.69) is 41.2 Å². The number of H-pyrrole nitrogens is 1. The van der Waals surface area contributed by atoms with E-state index in [0.717, 1.165) is 38.7 Å². The fourth-order valence-corrected chi connectivity index (χ4v) is 3.75. The van der Waals surface area contributed by atoms with Gasteiger partial charge >= 0.3 is 0 Å². The van der Waals surface area contributed by atoms with Crippen LogP contribution in [0.3, 0.4) is 0 Å². The largest absolute Gasteiger partial charge is 0.496 e. The second kappa shape index (κ2) is 7.09. The number of fused-ring (bicyclic) bond motifs is 3. The summed E-state index contributed by atoms with van der Waals surface area (Å²) in [5.41, 5.74) is 10.6. The molecule has 28 heavy (non-hydrogen) atoms. The fraction of sp³-hybridized carbons (Fsp3) is 0.217. The average Bonchev–Trinajstić information content (AvgIpc) is 2.74. The molecule has 142 valence electrons. The van der Waals surface area contributed by atoms with Crippen LogP contribution in [0.5, 0.6) is 5.75 Å². The second-order valence-electron chi connectivity index (χ2n) is 7.15. The van der Waals surface area contributed by atoms with E-state index in [1.165, 1.54) is 5.56 Å². The van der Waals surface area contributed by atoms with Crippen LogP contribution in [0.2, 0.25) is 0 Å². The summed E-state index contributed by atoms with van der Waals surface area (Å²) in [6, 6.07) is 12.1. The van der Waals surface area contributed by atoms with E-state index in [-0.39, 0.29) is 5.56 Å². The summed E-state index contributed by atoms with van der Waals surface area (Å²) >= 11 is 0. The van der Waals surface area contributed by atoms with Crippen molar-refractivity contribution >= 4 is 21.7 Å². The smallest absolute Gasteiger partial charge is 0.256 e. The van der Waals surface area contributed by atoms with Gasteiger partial charge in [0.1, 0.15) is 5.75 Å². The van der Waals surface area contributed by atoms with Gasteiger partial charge in [-0.3, -0.25) is 9.78 Å². The van der Waals surface area contributed by atoms with Gasteiger partial charge in [0, 0.05) is 28.7 Å². The van der Waals surface area contributed by atoms with Gasteiger partial charge in [0.2, 0.25) is 0 Å². The number of aryl methyl sites for hydroxylation is 1. The molecule has 3 N–H and O–H groups in total. The molecule has 2 heterocycles. The lowest BCUT2D eigenvalue weighted by molar-refractivity contribution is 0.416. The molecule has 0 aliphatic carbocycles. The van der Waals surface area contributed by atoms with Gasteiger partial charge in [-0.05, 0) is 48.2 Å². The minimum atomic E-state index is -0.115. The Morgan fingerprint density at radius 2 is 1.93 bits per heavy atom. The van der Waals surface area contributed by atoms with Crippen molar-refractivity contribution in [1.82, 2.24) is 9.97 Å². The summed E-state index contributed by atoms with van der Waals surface area (Å²) in [7, 11) is 1.67. The zero-order valence-electron chi connectivity index (χ0n) is 16.2. The first kappa shape index (κ1) is 18.2. The lowest BCUT2D eigenvalue weighted by atomic mass is 9.92. The molecule has 0 saturated heterocycles. The Hall–Kier alpha value is -3.18. The first-order valence-electron chi connectivity index (χ1n) is 9.32. The molecule has 0 radical (unpaired) electrons. The quantitative estimate of drug-likeness (QED) is 0.527. The summed E-state index contributed by atoms with van der Waals surface area (Å²) in [6.07, 6.45) is 3.39. The number of nitrogens with zero attached hydrogens (tertiary/aromatic N) is 1. The number of aromatic amines is 1. The number of hydrogen-bond donors (Lipinski definition) is 2. The number of nitrogens with one attached hydrogen (secondary N) is 1. The average molecular weight is 373 g/mol. The van der Waals surface area contributed by atoms with Crippen molar-refractivity contribution in [2.24, 2.45) is 5.73 Å². The summed E-state index contributed by atoms with van der Waals surface area (Å²) in [5.74, 6) is 1.06. The highest BCUT2D eigenvalue weighted by atomic mass is 16.5. The minimum Gasteiger partial charge on any atom is -0.496 e. The molecule has 4 aromatic rings. The maximum atomic E-state index is 12.6. The normalized spacial score (nSPS) is 12.4. The van der Waals surface area contributed by atoms with Crippen LogP contribution in [-0.2, 0) is 0 Å². The number of benzene rings is 2. The molecular formula is C23H23N3O2. The summed E-state index contributed by atoms with van der Waals surface area (Å²) in [4.78, 5) is 19.9. The molecule has 0 bridgehead atoms. The zero-order valence-corrected chi connectivity index (χ0v) is 16.2. The Bertz CT molecular complexity index is 1230. The van der Waals surface area contributed by atoms with Gasteiger partial charge in [0.25, 0.3) is 5.56 Å². The van der Waals surface area contributed by atoms with Crippen molar-refractivity contribution in [1.29, 1.82) is 0 Å². The van der Waals surface area contributed by atoms with Crippen molar-refractivity contribution in [2.75, 3.05) is 13.7 Å². The van der Waals surface area contributed by atoms with E-state index in [0.29, 0.717) is 17.8 Å². The lowest BCUT2D eigenvalue weighted by Crippen LogP contribution is -2.09. The van der Waals surface area contributed by atoms with Gasteiger partial charge in [-0.2, -0.15) is 0 Å². The molecular weight excluding hydrogens is 350 g/mol. The number of ether oxygens (including phenoxy) is 1. The van der Waals surface area contributed by atoms with Crippen LogP contribution in [0.1, 0.15) is 24.0 Å². The van der Waals surface area contributed by atoms with Gasteiger partial charge in [0.15, 0.2) is 0 Å². The Kier molecular flexibility index (Phi) is 4.61. The lowest BCUT2D eigenvalue weighted by Gasteiger charge is -2.17. The third kappa shape index (κ3) is 2.84. The molecule has 2 aromatic carbocycles. The van der Waals surface area contributed by atoms with Crippen LogP contribution < -0.4 is 16.0 Å². The molecule has 0 aliphatic heterocycles. The fourth-order valence-electron chi connectivity index (χ4n) is 3.75. The van der Waals surface area contributed by atoms with Crippen LogP contribution >= 0.6 is 0 Å². The van der Waals surface area contributed by atoms with E-state index in [4.69, 9.17) is 10.5 Å². The maximum absolute atomic E-state index is 12.6. The molecule has 0 amide bonds. The van der Waals surface area contributed by atoms with Crippen molar-refractivity contribution < 1.29 is 4.74 Å². The van der Waals surface area contributed by atoms with Gasteiger partial charge in [-0.15, -0.1) is 0 Å². The van der Waals surface area contributed by atoms with Crippen molar-refractivity contribution in [2.45, 2.75) is 19.8 Å². The molecule has 1 atom stereocenters. The van der Waals surface area contributed by atoms with Crippen molar-refractivity contribution in [3.05, 3.63) is 70.3 Å². The second-order valence-corrected chi connectivity index (χ2v) is 7.15. The van der Waals surface area contributed by atoms with Gasteiger partial charge in [-0.25, -0.2) is 0 Å². The number of hydrogen-bond acceptors (Lipinski definition) is 4. The topological polar surface area (TPSA) is 81.0 Å². The van der Waals surface area contributed by atoms with E-state index >= 15 is 0 Å². The van der Waals surface area contributed by atoms with Crippen LogP contribution in [-0.4, -0.2) is 23.6 Å². The highest BCUT2D eigenvalue weighted by Crippen LogP contribution is 2.40. The Labute approximate surface area is 163 Å². The van der Waals surface area contributed by atoms with E-state index in [9.17, 15) is 4.79 Å². The Morgan fingerprint density at radius 1 is 1.18 bits per heavy atom. The maximum Gasteiger partial charge on any atom is 0.256 e. The molecule has 0 fully saturated rings. The highest BCUT2D eigenvalue weighted by molar-refractivity contribution is 6.14. The minimum absolute atomic E-state index is 0.115. The van der Waals surface area contributed by atoms with Gasteiger partial charge in [-0.1, -0.05) is 31.2 Å². The predicted molar refractivity (Wildman–Crippen MR) is 114 cm³/mol. The third-order valence-corrected chi connectivity index (χ3v) is 5.40. The van der Waals surface area contributed by atoms with Gasteiger partial charge < -0.3 is 15.5 Å². The SMILES string of the molecule is COc1cc(C)c2[nH]c(=O)c3ccncc3c2c1-c1ccc(C(C)CN)cc1. The first-order valence-corrected chi connectivity index (χ1v) is 9.32. The number of nitrogens with two attached hydrogens (primary N) is 1. The zero-order chi connectivity index (χ0) is 19.8. The molecule has 1 unspecified atom stereocenters. The van der Waals surface area contributed by atoms with E-state index in [1.54, 1.807) is 25.6 Å². The summed E-state index contributed by atoms with van der Waals surface area (Å²) in [5, 5.41) is 2.38. The molecule has 0 saturated carbocycles. The molecule has 0 aliphatic rings. The molecule has 4 rings (SSSR count). The van der Waals surface area contributed by atoms with Crippen LogP contribution in [0, 0.1) is 6.92 Å². The van der Waals surface area contributed by atoms with Crippen LogP contribution in [0.4, 0.5) is 0 Å². The van der Waals surface area contributed by atoms with Crippen LogP contribution in [0.25, 0.3) is 32.8 Å². The number of aromatic nitrogens is 2. The molecule has 0 spiro atoms. The summed E-state index contributed by atoms with van der Waals surface area (Å²) < 4.78 is 5.73. The molecule has 2 aromatic heterocycles. The Morgan fingerprint density at radius 3 is 2.61 bits per heavy atom. The van der Waals surface area contributed by atoms with Crippen molar-refractivity contribution in [3.8, 4) is 16.9 Å². The van der Waals surface area contributed by atoms with E-state index < -0.39 is 0 Å². The van der Waals surface area contributed by atoms with Crippen molar-refractivity contribution in [3.63, 3.8) is 0 Å². The van der Waals surface area contributed by atoms with Gasteiger partial charge in [0.05, 0.1) is 18.0 Å². The van der Waals surface area contributed by atoms with E-state index in [1.807, 2.05) is 13.0 Å². The monoisotopic (exact) mass is 373 g/mol. The molecule has 5 nitrogen and oxygen atoms in total. The third-order valence-electron chi connectivity index (χ3n) is 5.40. The predicted octanol–water partition coefficient (Wildman–Crippen LogP) is 4.12. The first-order chi connectivity index (χ1) is 13.5. The standard InChI is InChI=1S/C23H23N3O2/c1-13-10-19(28-3)20(16-6-4-15(5-7-16)14(2)11-24)21-18-12-25-9-8-17(18)23(27)26-22(13)21/h4-10,12,14H,11,24H2,1-3H3,(H,26,27). The number of rotatable bonds is 4. The Balaban J connectivity index is 2.11.